The number of ether oxygens (including phenoxy) is 1. The number of anilines is 1. The van der Waals surface area contributed by atoms with Crippen molar-refractivity contribution in [2.24, 2.45) is 4.99 Å². The summed E-state index contributed by atoms with van der Waals surface area (Å²) in [7, 11) is 3.77. The molecule has 0 spiro atoms. The third-order valence-corrected chi connectivity index (χ3v) is 3.81. The van der Waals surface area contributed by atoms with Gasteiger partial charge in [0.15, 0.2) is 17.3 Å². The predicted octanol–water partition coefficient (Wildman–Crippen LogP) is 1.93. The van der Waals surface area contributed by atoms with Crippen LogP contribution in [0.3, 0.4) is 0 Å². The van der Waals surface area contributed by atoms with Crippen molar-refractivity contribution in [2.45, 2.75) is 25.3 Å². The van der Waals surface area contributed by atoms with Crippen molar-refractivity contribution < 1.29 is 4.74 Å². The fourth-order valence-electron chi connectivity index (χ4n) is 2.78. The maximum Gasteiger partial charge on any atom is 0.173 e. The molecule has 1 aromatic rings. The van der Waals surface area contributed by atoms with Gasteiger partial charge in [0, 0.05) is 26.7 Å². The highest BCUT2D eigenvalue weighted by Crippen LogP contribution is 2.38. The second kappa shape index (κ2) is 5.60. The summed E-state index contributed by atoms with van der Waals surface area (Å²) >= 11 is 0. The van der Waals surface area contributed by atoms with Gasteiger partial charge in [-0.3, -0.25) is 0 Å². The van der Waals surface area contributed by atoms with Crippen molar-refractivity contribution in [2.75, 3.05) is 32.1 Å². The third kappa shape index (κ3) is 2.64. The van der Waals surface area contributed by atoms with Gasteiger partial charge in [-0.1, -0.05) is 0 Å². The Kier molecular flexibility index (Phi) is 3.65. The second-order valence-electron chi connectivity index (χ2n) is 5.65. The van der Waals surface area contributed by atoms with E-state index in [1.807, 2.05) is 25.1 Å². The average Bonchev–Trinajstić information content (AvgIpc) is 2.51. The SMILES string of the molecule is CN(C)/C=N/c1cc2c(nc1C#N)N1CCCC[C@H]1CO2. The highest BCUT2D eigenvalue weighted by molar-refractivity contribution is 5.69. The minimum Gasteiger partial charge on any atom is -0.487 e. The first-order chi connectivity index (χ1) is 10.2. The van der Waals surface area contributed by atoms with Crippen LogP contribution >= 0.6 is 0 Å². The van der Waals surface area contributed by atoms with Crippen molar-refractivity contribution >= 4 is 17.8 Å². The molecule has 1 saturated heterocycles. The van der Waals surface area contributed by atoms with Crippen LogP contribution in [0.5, 0.6) is 5.75 Å². The second-order valence-corrected chi connectivity index (χ2v) is 5.65. The Hall–Kier alpha value is -2.29. The lowest BCUT2D eigenvalue weighted by atomic mass is 10.0. The Balaban J connectivity index is 2.00. The van der Waals surface area contributed by atoms with E-state index in [-0.39, 0.29) is 0 Å². The molecule has 0 radical (unpaired) electrons. The van der Waals surface area contributed by atoms with Crippen molar-refractivity contribution in [3.05, 3.63) is 11.8 Å². The zero-order valence-corrected chi connectivity index (χ0v) is 12.4. The van der Waals surface area contributed by atoms with E-state index in [4.69, 9.17) is 4.74 Å². The molecule has 0 bridgehead atoms. The number of aliphatic imine (C=N–C) groups is 1. The smallest absolute Gasteiger partial charge is 0.173 e. The number of pyridine rings is 1. The van der Waals surface area contributed by atoms with E-state index in [1.54, 1.807) is 6.34 Å². The van der Waals surface area contributed by atoms with Crippen LogP contribution in [0, 0.1) is 11.3 Å². The number of fused-ring (bicyclic) bond motifs is 3. The normalized spacial score (nSPS) is 20.4. The molecule has 2 aliphatic rings. The lowest BCUT2D eigenvalue weighted by molar-refractivity contribution is 0.238. The van der Waals surface area contributed by atoms with Gasteiger partial charge in [0.2, 0.25) is 0 Å². The van der Waals surface area contributed by atoms with Crippen molar-refractivity contribution in [1.29, 1.82) is 5.26 Å². The summed E-state index contributed by atoms with van der Waals surface area (Å²) in [6, 6.07) is 4.35. The molecule has 0 amide bonds. The van der Waals surface area contributed by atoms with Crippen LogP contribution in [0.1, 0.15) is 25.0 Å². The summed E-state index contributed by atoms with van der Waals surface area (Å²) in [5, 5.41) is 9.32. The zero-order chi connectivity index (χ0) is 14.8. The van der Waals surface area contributed by atoms with E-state index in [1.165, 1.54) is 12.8 Å². The van der Waals surface area contributed by atoms with Crippen molar-refractivity contribution in [1.82, 2.24) is 9.88 Å². The number of aromatic nitrogens is 1. The molecule has 0 N–H and O–H groups in total. The molecule has 1 fully saturated rings. The lowest BCUT2D eigenvalue weighted by Crippen LogP contribution is -2.46. The molecule has 2 aliphatic heterocycles. The molecular formula is C15H19N5O. The quantitative estimate of drug-likeness (QED) is 0.613. The van der Waals surface area contributed by atoms with Crippen molar-refractivity contribution in [3.63, 3.8) is 0 Å². The number of nitrogens with zero attached hydrogens (tertiary/aromatic N) is 5. The maximum atomic E-state index is 9.32. The summed E-state index contributed by atoms with van der Waals surface area (Å²) in [5.41, 5.74) is 0.905. The van der Waals surface area contributed by atoms with Crippen LogP contribution in [-0.4, -0.2) is 49.5 Å². The molecule has 0 aromatic carbocycles. The van der Waals surface area contributed by atoms with E-state index in [9.17, 15) is 5.26 Å². The molecule has 110 valence electrons. The molecule has 0 saturated carbocycles. The Morgan fingerprint density at radius 3 is 3.14 bits per heavy atom. The average molecular weight is 285 g/mol. The standard InChI is InChI=1S/C15H19N5O/c1-19(2)10-17-12-7-14-15(18-13(12)8-16)20-6-4-3-5-11(20)9-21-14/h7,10-11H,3-6,9H2,1-2H3/b17-10+/t11-/m0/s1. The predicted molar refractivity (Wildman–Crippen MR) is 81.3 cm³/mol. The minimum absolute atomic E-state index is 0.349. The van der Waals surface area contributed by atoms with Crippen LogP contribution in [0.4, 0.5) is 11.5 Å². The van der Waals surface area contributed by atoms with Gasteiger partial charge >= 0.3 is 0 Å². The molecule has 1 atom stereocenters. The van der Waals surface area contributed by atoms with Gasteiger partial charge in [-0.05, 0) is 19.3 Å². The first-order valence-corrected chi connectivity index (χ1v) is 7.24. The fraction of sp³-hybridized carbons (Fsp3) is 0.533. The summed E-state index contributed by atoms with van der Waals surface area (Å²) in [4.78, 5) is 12.9. The minimum atomic E-state index is 0.349. The largest absolute Gasteiger partial charge is 0.487 e. The highest BCUT2D eigenvalue weighted by atomic mass is 16.5. The Morgan fingerprint density at radius 1 is 1.52 bits per heavy atom. The number of hydrogen-bond donors (Lipinski definition) is 0. The summed E-state index contributed by atoms with van der Waals surface area (Å²) in [6.07, 6.45) is 5.19. The number of piperidine rings is 1. The van der Waals surface area contributed by atoms with Gasteiger partial charge in [-0.25, -0.2) is 9.98 Å². The van der Waals surface area contributed by atoms with Gasteiger partial charge in [0.25, 0.3) is 0 Å². The first-order valence-electron chi connectivity index (χ1n) is 7.24. The summed E-state index contributed by atoms with van der Waals surface area (Å²) in [6.45, 7) is 1.68. The third-order valence-electron chi connectivity index (χ3n) is 3.81. The van der Waals surface area contributed by atoms with E-state index < -0.39 is 0 Å². The molecule has 1 aromatic heterocycles. The molecule has 0 aliphatic carbocycles. The molecule has 0 unspecified atom stereocenters. The monoisotopic (exact) mass is 285 g/mol. The van der Waals surface area contributed by atoms with E-state index in [0.29, 0.717) is 24.0 Å². The number of rotatable bonds is 2. The van der Waals surface area contributed by atoms with E-state index in [0.717, 1.165) is 24.5 Å². The van der Waals surface area contributed by atoms with Crippen LogP contribution in [-0.2, 0) is 0 Å². The highest BCUT2D eigenvalue weighted by Gasteiger charge is 2.31. The topological polar surface area (TPSA) is 64.8 Å². The molecule has 6 heteroatoms. The van der Waals surface area contributed by atoms with Gasteiger partial charge in [-0.2, -0.15) is 5.26 Å². The number of nitriles is 1. The van der Waals surface area contributed by atoms with Gasteiger partial charge in [-0.15, -0.1) is 0 Å². The summed E-state index contributed by atoms with van der Waals surface area (Å²) in [5.74, 6) is 1.53. The molecular weight excluding hydrogens is 266 g/mol. The molecule has 6 nitrogen and oxygen atoms in total. The van der Waals surface area contributed by atoms with Gasteiger partial charge in [0.05, 0.1) is 12.4 Å². The van der Waals surface area contributed by atoms with Crippen LogP contribution in [0.15, 0.2) is 11.1 Å². The first kappa shape index (κ1) is 13.7. The van der Waals surface area contributed by atoms with Crippen molar-refractivity contribution in [3.8, 4) is 11.8 Å². The molecule has 21 heavy (non-hydrogen) atoms. The Morgan fingerprint density at radius 2 is 2.38 bits per heavy atom. The van der Waals surface area contributed by atoms with E-state index in [2.05, 4.69) is 20.9 Å². The Bertz CT molecular complexity index is 605. The number of hydrogen-bond acceptors (Lipinski definition) is 5. The van der Waals surface area contributed by atoms with E-state index >= 15 is 0 Å². The lowest BCUT2D eigenvalue weighted by Gasteiger charge is -2.40. The Labute approximate surface area is 124 Å². The molecule has 3 rings (SSSR count). The van der Waals surface area contributed by atoms with Crippen LogP contribution in [0.25, 0.3) is 0 Å². The summed E-state index contributed by atoms with van der Waals surface area (Å²) < 4.78 is 5.84. The molecule has 3 heterocycles. The van der Waals surface area contributed by atoms with Crippen LogP contribution < -0.4 is 9.64 Å². The van der Waals surface area contributed by atoms with Gasteiger partial charge < -0.3 is 14.5 Å². The van der Waals surface area contributed by atoms with Gasteiger partial charge in [0.1, 0.15) is 18.4 Å². The van der Waals surface area contributed by atoms with Crippen LogP contribution in [0.2, 0.25) is 0 Å². The zero-order valence-electron chi connectivity index (χ0n) is 12.4. The maximum absolute atomic E-state index is 9.32. The fourth-order valence-corrected chi connectivity index (χ4v) is 2.78.